The summed E-state index contributed by atoms with van der Waals surface area (Å²) in [6, 6.07) is 8.03. The first kappa shape index (κ1) is 29.6. The van der Waals surface area contributed by atoms with E-state index in [1.54, 1.807) is 0 Å². The third-order valence-corrected chi connectivity index (χ3v) is 7.28. The number of aromatic nitrogens is 4. The number of pyridine rings is 2. The Morgan fingerprint density at radius 1 is 0.929 bits per heavy atom. The number of benzene rings is 1. The number of nitrogens with one attached hydrogen (secondary N) is 1. The predicted molar refractivity (Wildman–Crippen MR) is 145 cm³/mol. The molecule has 3 aromatic heterocycles. The Balaban J connectivity index is 1.46. The third-order valence-electron chi connectivity index (χ3n) is 7.28. The van der Waals surface area contributed by atoms with Gasteiger partial charge in [-0.3, -0.25) is 4.98 Å². The average Bonchev–Trinajstić information content (AvgIpc) is 2.96. The second-order valence-corrected chi connectivity index (χ2v) is 10.2. The van der Waals surface area contributed by atoms with Gasteiger partial charge < -0.3 is 15.3 Å². The maximum Gasteiger partial charge on any atom is 0.418 e. The Hall–Kier alpha value is -3.84. The summed E-state index contributed by atoms with van der Waals surface area (Å²) in [6.45, 7) is 2.72. The molecule has 1 fully saturated rings. The van der Waals surface area contributed by atoms with E-state index in [1.807, 2.05) is 0 Å². The fourth-order valence-electron chi connectivity index (χ4n) is 4.99. The Labute approximate surface area is 237 Å². The van der Waals surface area contributed by atoms with E-state index in [9.17, 15) is 31.4 Å². The van der Waals surface area contributed by atoms with Gasteiger partial charge in [0, 0.05) is 36.7 Å². The van der Waals surface area contributed by atoms with Crippen LogP contribution in [0.5, 0.6) is 0 Å². The smallest absolute Gasteiger partial charge is 0.396 e. The lowest BCUT2D eigenvalue weighted by atomic mass is 9.98. The van der Waals surface area contributed by atoms with Gasteiger partial charge in [-0.15, -0.1) is 0 Å². The number of aliphatic hydroxyl groups is 1. The van der Waals surface area contributed by atoms with Crippen LogP contribution < -0.4 is 5.32 Å². The lowest BCUT2D eigenvalue weighted by Gasteiger charge is -2.30. The Bertz CT molecular complexity index is 1520. The fraction of sp³-hybridized carbons (Fsp3) is 0.379. The molecule has 0 radical (unpaired) electrons. The minimum Gasteiger partial charge on any atom is -0.396 e. The van der Waals surface area contributed by atoms with Gasteiger partial charge in [-0.1, -0.05) is 0 Å². The molecular weight excluding hydrogens is 562 g/mol. The highest BCUT2D eigenvalue weighted by Crippen LogP contribution is 2.37. The SMILES string of the molecule is OCC1CCN(CCCc2nc(Nc3ccc(C(F)(F)F)cc3)c3ncc(-c4ncccc4C(F)(F)F)cc3n2)CC1. The van der Waals surface area contributed by atoms with Crippen molar-refractivity contribution in [3.05, 3.63) is 71.8 Å². The molecule has 0 aliphatic carbocycles. The Morgan fingerprint density at radius 3 is 2.33 bits per heavy atom. The summed E-state index contributed by atoms with van der Waals surface area (Å²) < 4.78 is 80.1. The van der Waals surface area contributed by atoms with Gasteiger partial charge in [0.25, 0.3) is 0 Å². The van der Waals surface area contributed by atoms with E-state index in [1.165, 1.54) is 36.7 Å². The molecule has 2 N–H and O–H groups in total. The number of aryl methyl sites for hydroxylation is 1. The van der Waals surface area contributed by atoms with Crippen LogP contribution in [-0.4, -0.2) is 56.2 Å². The molecule has 42 heavy (non-hydrogen) atoms. The van der Waals surface area contributed by atoms with Crippen molar-refractivity contribution in [2.24, 2.45) is 5.92 Å². The maximum atomic E-state index is 13.7. The standard InChI is InChI=1S/C29H28F6N6O/c30-28(31,32)20-5-7-21(8-6-20)38-27-26-23(15-19(16-37-26)25-22(29(33,34)35)3-1-11-36-25)39-24(40-27)4-2-12-41-13-9-18(17-42)10-14-41/h1,3,5-8,11,15-16,18,42H,2,4,9-10,12-14,17H2,(H,38,39,40). The number of alkyl halides is 6. The first-order valence-corrected chi connectivity index (χ1v) is 13.5. The summed E-state index contributed by atoms with van der Waals surface area (Å²) in [6.07, 6.45) is -3.59. The van der Waals surface area contributed by atoms with Crippen molar-refractivity contribution in [2.75, 3.05) is 31.6 Å². The predicted octanol–water partition coefficient (Wildman–Crippen LogP) is 6.50. The number of hydrogen-bond donors (Lipinski definition) is 2. The van der Waals surface area contributed by atoms with E-state index in [-0.39, 0.29) is 34.7 Å². The van der Waals surface area contributed by atoms with Crippen LogP contribution in [0.4, 0.5) is 37.8 Å². The highest BCUT2D eigenvalue weighted by Gasteiger charge is 2.34. The number of rotatable bonds is 8. The summed E-state index contributed by atoms with van der Waals surface area (Å²) in [4.78, 5) is 19.8. The van der Waals surface area contributed by atoms with E-state index in [0.717, 1.165) is 50.7 Å². The number of fused-ring (bicyclic) bond motifs is 1. The van der Waals surface area contributed by atoms with Crippen molar-refractivity contribution in [2.45, 2.75) is 38.0 Å². The normalized spacial score (nSPS) is 15.3. The second-order valence-electron chi connectivity index (χ2n) is 10.2. The van der Waals surface area contributed by atoms with Gasteiger partial charge in [0.05, 0.1) is 22.3 Å². The van der Waals surface area contributed by atoms with Crippen molar-refractivity contribution in [1.82, 2.24) is 24.8 Å². The van der Waals surface area contributed by atoms with Crippen molar-refractivity contribution < 1.29 is 31.4 Å². The monoisotopic (exact) mass is 590 g/mol. The van der Waals surface area contributed by atoms with E-state index in [4.69, 9.17) is 0 Å². The summed E-state index contributed by atoms with van der Waals surface area (Å²) in [5.74, 6) is 0.961. The third kappa shape index (κ3) is 6.96. The molecule has 0 atom stereocenters. The number of likely N-dealkylation sites (tertiary alicyclic amines) is 1. The summed E-state index contributed by atoms with van der Waals surface area (Å²) >= 11 is 0. The molecule has 7 nitrogen and oxygen atoms in total. The minimum absolute atomic E-state index is 0.118. The van der Waals surface area contributed by atoms with Crippen LogP contribution in [0.15, 0.2) is 54.9 Å². The number of halogens is 6. The zero-order chi connectivity index (χ0) is 29.9. The second kappa shape index (κ2) is 12.2. The first-order valence-electron chi connectivity index (χ1n) is 13.5. The summed E-state index contributed by atoms with van der Waals surface area (Å²) in [5, 5.41) is 12.4. The molecular formula is C29H28F6N6O. The van der Waals surface area contributed by atoms with Gasteiger partial charge in [-0.2, -0.15) is 26.3 Å². The molecule has 4 heterocycles. The molecule has 1 aromatic carbocycles. The summed E-state index contributed by atoms with van der Waals surface area (Å²) in [5.41, 5.74) is -1.03. The molecule has 1 saturated heterocycles. The van der Waals surface area contributed by atoms with E-state index in [0.29, 0.717) is 30.3 Å². The molecule has 0 bridgehead atoms. The molecule has 0 unspecified atom stereocenters. The first-order chi connectivity index (χ1) is 20.0. The molecule has 222 valence electrons. The maximum absolute atomic E-state index is 13.7. The van der Waals surface area contributed by atoms with E-state index in [2.05, 4.69) is 30.2 Å². The zero-order valence-corrected chi connectivity index (χ0v) is 22.4. The van der Waals surface area contributed by atoms with Gasteiger partial charge in [0.1, 0.15) is 11.3 Å². The largest absolute Gasteiger partial charge is 0.418 e. The molecule has 0 spiro atoms. The van der Waals surface area contributed by atoms with Crippen molar-refractivity contribution in [1.29, 1.82) is 0 Å². The fourth-order valence-corrected chi connectivity index (χ4v) is 4.99. The topological polar surface area (TPSA) is 87.1 Å². The molecule has 13 heteroatoms. The minimum atomic E-state index is -4.63. The molecule has 0 saturated carbocycles. The van der Waals surface area contributed by atoms with Gasteiger partial charge in [0.15, 0.2) is 5.82 Å². The Kier molecular flexibility index (Phi) is 8.60. The van der Waals surface area contributed by atoms with Crippen LogP contribution in [0.25, 0.3) is 22.3 Å². The van der Waals surface area contributed by atoms with Gasteiger partial charge in [0.2, 0.25) is 0 Å². The highest BCUT2D eigenvalue weighted by atomic mass is 19.4. The van der Waals surface area contributed by atoms with Crippen LogP contribution in [0.3, 0.4) is 0 Å². The number of piperidine rings is 1. The van der Waals surface area contributed by atoms with Crippen LogP contribution in [-0.2, 0) is 18.8 Å². The number of aliphatic hydroxyl groups excluding tert-OH is 1. The quantitative estimate of drug-likeness (QED) is 0.227. The molecule has 1 aliphatic heterocycles. The van der Waals surface area contributed by atoms with E-state index < -0.39 is 23.5 Å². The number of nitrogens with zero attached hydrogens (tertiary/aromatic N) is 5. The molecule has 4 aromatic rings. The van der Waals surface area contributed by atoms with Crippen LogP contribution >= 0.6 is 0 Å². The van der Waals surface area contributed by atoms with E-state index >= 15 is 0 Å². The lowest BCUT2D eigenvalue weighted by molar-refractivity contribution is -0.138. The van der Waals surface area contributed by atoms with Crippen molar-refractivity contribution in [3.8, 4) is 11.3 Å². The highest BCUT2D eigenvalue weighted by molar-refractivity contribution is 5.89. The van der Waals surface area contributed by atoms with Crippen LogP contribution in [0.2, 0.25) is 0 Å². The molecule has 1 aliphatic rings. The lowest BCUT2D eigenvalue weighted by Crippen LogP contribution is -2.35. The molecule has 5 rings (SSSR count). The average molecular weight is 591 g/mol. The van der Waals surface area contributed by atoms with Crippen LogP contribution in [0, 0.1) is 5.92 Å². The van der Waals surface area contributed by atoms with Gasteiger partial charge >= 0.3 is 12.4 Å². The van der Waals surface area contributed by atoms with Crippen LogP contribution in [0.1, 0.15) is 36.2 Å². The Morgan fingerprint density at radius 2 is 1.67 bits per heavy atom. The van der Waals surface area contributed by atoms with Crippen molar-refractivity contribution in [3.63, 3.8) is 0 Å². The van der Waals surface area contributed by atoms with Gasteiger partial charge in [-0.05, 0) is 87.3 Å². The molecule has 0 amide bonds. The van der Waals surface area contributed by atoms with Gasteiger partial charge in [-0.25, -0.2) is 15.0 Å². The number of anilines is 2. The van der Waals surface area contributed by atoms with Crippen molar-refractivity contribution >= 4 is 22.5 Å². The number of hydrogen-bond acceptors (Lipinski definition) is 7. The zero-order valence-electron chi connectivity index (χ0n) is 22.4. The summed E-state index contributed by atoms with van der Waals surface area (Å²) in [7, 11) is 0.